The maximum absolute atomic E-state index is 13.9. The average Bonchev–Trinajstić information content (AvgIpc) is 3.14. The highest BCUT2D eigenvalue weighted by molar-refractivity contribution is 14.1. The molecule has 0 spiro atoms. The van der Waals surface area contributed by atoms with Gasteiger partial charge in [0.25, 0.3) is 0 Å². The number of methoxy groups -OCH3 is 1. The van der Waals surface area contributed by atoms with Gasteiger partial charge in [-0.3, -0.25) is 0 Å². The molecular weight excluding hydrogens is 639 g/mol. The molecule has 0 bridgehead atoms. The van der Waals surface area contributed by atoms with Crippen LogP contribution in [0.25, 0.3) is 6.08 Å². The smallest absolute Gasteiger partial charge is 0.363 e. The van der Waals surface area contributed by atoms with Crippen molar-refractivity contribution in [2.75, 3.05) is 7.11 Å². The van der Waals surface area contributed by atoms with E-state index in [1.165, 1.54) is 13.2 Å². The van der Waals surface area contributed by atoms with Crippen LogP contribution in [0.4, 0.5) is 4.39 Å². The van der Waals surface area contributed by atoms with E-state index in [0.29, 0.717) is 22.6 Å². The molecule has 3 aromatic rings. The third-order valence-corrected chi connectivity index (χ3v) is 6.12. The number of nitrogens with zero attached hydrogens (tertiary/aromatic N) is 1. The summed E-state index contributed by atoms with van der Waals surface area (Å²) in [6.45, 7) is 0.0649. The van der Waals surface area contributed by atoms with Crippen molar-refractivity contribution in [1.29, 1.82) is 0 Å². The number of esters is 1. The zero-order valence-electron chi connectivity index (χ0n) is 16.8. The molecule has 0 aromatic heterocycles. The molecule has 1 aliphatic rings. The molecule has 0 aliphatic carbocycles. The molecule has 4 rings (SSSR count). The lowest BCUT2D eigenvalue weighted by atomic mass is 10.1. The van der Waals surface area contributed by atoms with Crippen LogP contribution in [-0.4, -0.2) is 19.0 Å². The molecule has 0 atom stereocenters. The van der Waals surface area contributed by atoms with Crippen LogP contribution in [-0.2, 0) is 16.1 Å². The Morgan fingerprint density at radius 2 is 1.84 bits per heavy atom. The second-order valence-corrected chi connectivity index (χ2v) is 9.16. The Bertz CT molecular complexity index is 1240. The third-order valence-electron chi connectivity index (χ3n) is 4.60. The monoisotopic (exact) mass is 655 g/mol. The normalized spacial score (nSPS) is 14.3. The Morgan fingerprint density at radius 1 is 1.09 bits per heavy atom. The largest absolute Gasteiger partial charge is 0.493 e. The van der Waals surface area contributed by atoms with Gasteiger partial charge in [0, 0.05) is 14.7 Å². The molecule has 5 nitrogen and oxygen atoms in total. The summed E-state index contributed by atoms with van der Waals surface area (Å²) in [6.07, 6.45) is 1.63. The van der Waals surface area contributed by atoms with Crippen molar-refractivity contribution in [3.63, 3.8) is 0 Å². The predicted molar refractivity (Wildman–Crippen MR) is 136 cm³/mol. The SMILES string of the molecule is COc1cc(/C=C2\N=C(c3ccc(I)cc3)OC2=O)cc(I)c1OCc1ccccc1F. The molecule has 32 heavy (non-hydrogen) atoms. The first-order valence-corrected chi connectivity index (χ1v) is 11.6. The van der Waals surface area contributed by atoms with Gasteiger partial charge in [-0.05, 0) is 99.3 Å². The van der Waals surface area contributed by atoms with Crippen LogP contribution in [0.5, 0.6) is 11.5 Å². The zero-order chi connectivity index (χ0) is 22.7. The van der Waals surface area contributed by atoms with Gasteiger partial charge < -0.3 is 14.2 Å². The lowest BCUT2D eigenvalue weighted by molar-refractivity contribution is -0.129. The van der Waals surface area contributed by atoms with Crippen molar-refractivity contribution in [2.24, 2.45) is 4.99 Å². The van der Waals surface area contributed by atoms with Crippen LogP contribution in [0.3, 0.4) is 0 Å². The summed E-state index contributed by atoms with van der Waals surface area (Å²) >= 11 is 4.32. The minimum atomic E-state index is -0.521. The fraction of sp³-hybridized carbons (Fsp3) is 0.0833. The number of halogens is 3. The number of carbonyl (C=O) groups excluding carboxylic acids is 1. The molecule has 0 N–H and O–H groups in total. The van der Waals surface area contributed by atoms with E-state index in [1.54, 1.807) is 30.3 Å². The number of rotatable bonds is 6. The van der Waals surface area contributed by atoms with E-state index in [-0.39, 0.29) is 24.0 Å². The van der Waals surface area contributed by atoms with E-state index in [0.717, 1.165) is 12.7 Å². The van der Waals surface area contributed by atoms with E-state index < -0.39 is 5.97 Å². The van der Waals surface area contributed by atoms with E-state index in [4.69, 9.17) is 14.2 Å². The first-order valence-electron chi connectivity index (χ1n) is 9.47. The van der Waals surface area contributed by atoms with Crippen LogP contribution in [0.15, 0.2) is 71.4 Å². The molecule has 1 aliphatic heterocycles. The number of cyclic esters (lactones) is 1. The van der Waals surface area contributed by atoms with Gasteiger partial charge in [-0.25, -0.2) is 14.2 Å². The molecule has 162 valence electrons. The standard InChI is InChI=1S/C24H16FI2NO4/c1-30-21-12-14(10-19(27)22(21)31-13-16-4-2-3-5-18(16)25)11-20-24(29)32-23(28-20)15-6-8-17(26)9-7-15/h2-12H,13H2,1H3/b20-11-. The van der Waals surface area contributed by atoms with Crippen LogP contribution < -0.4 is 9.47 Å². The summed E-state index contributed by atoms with van der Waals surface area (Å²) in [6, 6.07) is 17.6. The number of aliphatic imine (C=N–C) groups is 1. The quantitative estimate of drug-likeness (QED) is 0.187. The van der Waals surface area contributed by atoms with Gasteiger partial charge in [-0.1, -0.05) is 18.2 Å². The highest BCUT2D eigenvalue weighted by atomic mass is 127. The molecule has 0 radical (unpaired) electrons. The summed E-state index contributed by atoms with van der Waals surface area (Å²) in [5.41, 5.74) is 2.06. The molecule has 0 unspecified atom stereocenters. The molecular formula is C24H16FI2NO4. The summed E-state index contributed by atoms with van der Waals surface area (Å²) < 4.78 is 32.4. The highest BCUT2D eigenvalue weighted by Crippen LogP contribution is 2.35. The zero-order valence-corrected chi connectivity index (χ0v) is 21.1. The van der Waals surface area contributed by atoms with Gasteiger partial charge in [0.15, 0.2) is 17.2 Å². The van der Waals surface area contributed by atoms with Gasteiger partial charge in [-0.15, -0.1) is 0 Å². The third kappa shape index (κ3) is 5.12. The Kier molecular flexibility index (Phi) is 7.09. The number of hydrogen-bond donors (Lipinski definition) is 0. The average molecular weight is 655 g/mol. The summed E-state index contributed by atoms with van der Waals surface area (Å²) in [5, 5.41) is 0. The summed E-state index contributed by atoms with van der Waals surface area (Å²) in [5.74, 6) is 0.379. The number of carbonyl (C=O) groups is 1. The van der Waals surface area contributed by atoms with E-state index >= 15 is 0 Å². The molecule has 0 saturated heterocycles. The Morgan fingerprint density at radius 3 is 2.56 bits per heavy atom. The van der Waals surface area contributed by atoms with Crippen LogP contribution >= 0.6 is 45.2 Å². The fourth-order valence-corrected chi connectivity index (χ4v) is 4.15. The minimum absolute atomic E-state index is 0.0649. The van der Waals surface area contributed by atoms with Crippen molar-refractivity contribution in [2.45, 2.75) is 6.61 Å². The molecule has 0 fully saturated rings. The van der Waals surface area contributed by atoms with Crippen molar-refractivity contribution in [3.05, 3.63) is 96.0 Å². The maximum atomic E-state index is 13.9. The van der Waals surface area contributed by atoms with E-state index in [9.17, 15) is 9.18 Å². The highest BCUT2D eigenvalue weighted by Gasteiger charge is 2.24. The van der Waals surface area contributed by atoms with E-state index in [1.807, 2.05) is 30.3 Å². The molecule has 1 heterocycles. The second kappa shape index (κ2) is 9.99. The van der Waals surface area contributed by atoms with Gasteiger partial charge in [0.2, 0.25) is 5.90 Å². The van der Waals surface area contributed by atoms with Gasteiger partial charge in [0.05, 0.1) is 10.7 Å². The maximum Gasteiger partial charge on any atom is 0.363 e. The van der Waals surface area contributed by atoms with Gasteiger partial charge in [0.1, 0.15) is 12.4 Å². The van der Waals surface area contributed by atoms with E-state index in [2.05, 4.69) is 50.2 Å². The lowest BCUT2D eigenvalue weighted by Crippen LogP contribution is -2.05. The van der Waals surface area contributed by atoms with Gasteiger partial charge in [-0.2, -0.15) is 0 Å². The minimum Gasteiger partial charge on any atom is -0.493 e. The summed E-state index contributed by atoms with van der Waals surface area (Å²) in [7, 11) is 1.52. The van der Waals surface area contributed by atoms with Gasteiger partial charge >= 0.3 is 5.97 Å². The molecule has 0 saturated carbocycles. The number of benzene rings is 3. The summed E-state index contributed by atoms with van der Waals surface area (Å²) in [4.78, 5) is 16.7. The Hall–Kier alpha value is -2.47. The molecule has 8 heteroatoms. The Labute approximate surface area is 211 Å². The molecule has 0 amide bonds. The number of ether oxygens (including phenoxy) is 3. The van der Waals surface area contributed by atoms with Crippen LogP contribution in [0.2, 0.25) is 0 Å². The van der Waals surface area contributed by atoms with Crippen molar-refractivity contribution >= 4 is 63.1 Å². The lowest BCUT2D eigenvalue weighted by Gasteiger charge is -2.14. The van der Waals surface area contributed by atoms with Crippen molar-refractivity contribution < 1.29 is 23.4 Å². The van der Waals surface area contributed by atoms with Crippen molar-refractivity contribution in [1.82, 2.24) is 0 Å². The van der Waals surface area contributed by atoms with Crippen LogP contribution in [0, 0.1) is 13.0 Å². The number of hydrogen-bond acceptors (Lipinski definition) is 5. The first kappa shape index (κ1) is 22.7. The second-order valence-electron chi connectivity index (χ2n) is 6.76. The topological polar surface area (TPSA) is 57.1 Å². The Balaban J connectivity index is 1.59. The van der Waals surface area contributed by atoms with Crippen LogP contribution in [0.1, 0.15) is 16.7 Å². The first-order chi connectivity index (χ1) is 15.4. The molecule has 3 aromatic carbocycles. The van der Waals surface area contributed by atoms with Crippen molar-refractivity contribution in [3.8, 4) is 11.5 Å². The fourth-order valence-electron chi connectivity index (χ4n) is 3.01. The predicted octanol–water partition coefficient (Wildman–Crippen LogP) is 5.97.